The minimum atomic E-state index is -4.17. The fourth-order valence-electron chi connectivity index (χ4n) is 4.17. The zero-order valence-electron chi connectivity index (χ0n) is 13.0. The van der Waals surface area contributed by atoms with Gasteiger partial charge in [0, 0.05) is 6.42 Å². The van der Waals surface area contributed by atoms with E-state index >= 15 is 0 Å². The monoisotopic (exact) mass is 396 g/mol. The SMILES string of the molecule is O=[N+]([O-])C1([N+](=O)[O-])CCC2(N=N2)C2(N=N2)C2(N=N2)C2(N=N2)C1([N+](=O)[O-])[N+](=O)[O-]. The summed E-state index contributed by atoms with van der Waals surface area (Å²) in [6.45, 7) is 0. The summed E-state index contributed by atoms with van der Waals surface area (Å²) in [5.74, 6) is 0. The average molecular weight is 396 g/mol. The summed E-state index contributed by atoms with van der Waals surface area (Å²) in [6, 6.07) is 0. The topological polar surface area (TPSA) is 271 Å². The molecule has 0 bridgehead atoms. The number of hydrogen-bond donors (Lipinski definition) is 0. The highest BCUT2D eigenvalue weighted by molar-refractivity contribution is 5.42. The van der Waals surface area contributed by atoms with Gasteiger partial charge in [-0.25, -0.2) is 0 Å². The molecule has 1 saturated carbocycles. The standard InChI is InChI=1S/C8H4N12O8/c21-17(22)4(18(23)24)2-1-3(9-10-3)5(11-12-5)6(13-14-6)7(15-16-7)8(4,19(25)26)20(27)28/h1-2H2. The predicted molar refractivity (Wildman–Crippen MR) is 73.0 cm³/mol. The van der Waals surface area contributed by atoms with Crippen LogP contribution in [0.1, 0.15) is 12.8 Å². The molecule has 0 saturated heterocycles. The third-order valence-electron chi connectivity index (χ3n) is 5.77. The van der Waals surface area contributed by atoms with Gasteiger partial charge < -0.3 is 0 Å². The lowest BCUT2D eigenvalue weighted by molar-refractivity contribution is -0.942. The van der Waals surface area contributed by atoms with Gasteiger partial charge in [0.15, 0.2) is 0 Å². The molecular formula is C8H4N12O8. The molecule has 4 heterocycles. The van der Waals surface area contributed by atoms with Crippen molar-refractivity contribution in [1.82, 2.24) is 0 Å². The molecule has 5 aliphatic rings. The van der Waals surface area contributed by atoms with Crippen LogP contribution in [-0.4, -0.2) is 53.7 Å². The molecule has 1 aliphatic carbocycles. The van der Waals surface area contributed by atoms with Gasteiger partial charge >= 0.3 is 22.7 Å². The summed E-state index contributed by atoms with van der Waals surface area (Å²) in [7, 11) is 0. The maximum absolute atomic E-state index is 12.0. The molecular weight excluding hydrogens is 392 g/mol. The molecule has 0 aromatic rings. The van der Waals surface area contributed by atoms with Crippen LogP contribution in [0.15, 0.2) is 40.9 Å². The molecule has 144 valence electrons. The second kappa shape index (κ2) is 3.82. The van der Waals surface area contributed by atoms with Crippen molar-refractivity contribution in [2.75, 3.05) is 0 Å². The molecule has 20 nitrogen and oxygen atoms in total. The second-order valence-electron chi connectivity index (χ2n) is 6.65. The molecule has 0 amide bonds. The van der Waals surface area contributed by atoms with Gasteiger partial charge in [-0.15, -0.1) is 30.7 Å². The molecule has 20 heteroatoms. The van der Waals surface area contributed by atoms with E-state index in [-0.39, 0.29) is 0 Å². The first-order chi connectivity index (χ1) is 13.1. The summed E-state index contributed by atoms with van der Waals surface area (Å²) < 4.78 is 0. The molecule has 5 rings (SSSR count). The van der Waals surface area contributed by atoms with E-state index in [1.165, 1.54) is 0 Å². The third-order valence-corrected chi connectivity index (χ3v) is 5.77. The van der Waals surface area contributed by atoms with Gasteiger partial charge in [0.1, 0.15) is 26.1 Å². The first-order valence-electron chi connectivity index (χ1n) is 7.40. The Labute approximate surface area is 149 Å². The first-order valence-corrected chi connectivity index (χ1v) is 7.40. The fraction of sp³-hybridized carbons (Fsp3) is 1.00. The average Bonchev–Trinajstić information content (AvgIpc) is 3.37. The molecule has 0 aromatic carbocycles. The Morgan fingerprint density at radius 3 is 1.25 bits per heavy atom. The predicted octanol–water partition coefficient (Wildman–Crippen LogP) is -0.0720. The Morgan fingerprint density at radius 2 is 0.964 bits per heavy atom. The van der Waals surface area contributed by atoms with Gasteiger partial charge in [-0.05, 0) is 0 Å². The van der Waals surface area contributed by atoms with Crippen molar-refractivity contribution in [3.05, 3.63) is 40.5 Å². The van der Waals surface area contributed by atoms with Crippen molar-refractivity contribution in [3.63, 3.8) is 0 Å². The van der Waals surface area contributed by atoms with E-state index in [1.807, 2.05) is 0 Å². The van der Waals surface area contributed by atoms with Gasteiger partial charge in [-0.2, -0.15) is 10.2 Å². The van der Waals surface area contributed by atoms with Crippen LogP contribution in [0.3, 0.4) is 0 Å². The van der Waals surface area contributed by atoms with Crippen LogP contribution < -0.4 is 0 Å². The fourth-order valence-corrected chi connectivity index (χ4v) is 4.17. The first kappa shape index (κ1) is 16.2. The van der Waals surface area contributed by atoms with Crippen molar-refractivity contribution in [2.24, 2.45) is 40.9 Å². The summed E-state index contributed by atoms with van der Waals surface area (Å²) in [5.41, 5.74) is -17.1. The van der Waals surface area contributed by atoms with E-state index in [0.717, 1.165) is 0 Å². The Balaban J connectivity index is 1.86. The Kier molecular flexibility index (Phi) is 2.21. The van der Waals surface area contributed by atoms with E-state index in [9.17, 15) is 40.5 Å². The maximum atomic E-state index is 12.0. The zero-order chi connectivity index (χ0) is 20.4. The number of hydrogen-bond acceptors (Lipinski definition) is 16. The second-order valence-corrected chi connectivity index (χ2v) is 6.65. The van der Waals surface area contributed by atoms with E-state index in [2.05, 4.69) is 40.9 Å². The number of nitro groups is 4. The van der Waals surface area contributed by atoms with Crippen molar-refractivity contribution >= 4 is 0 Å². The van der Waals surface area contributed by atoms with Gasteiger partial charge in [0.2, 0.25) is 5.66 Å². The third kappa shape index (κ3) is 1.15. The summed E-state index contributed by atoms with van der Waals surface area (Å²) in [6.07, 6.45) is -1.94. The number of rotatable bonds is 4. The lowest BCUT2D eigenvalue weighted by Crippen LogP contribution is -2.82. The quantitative estimate of drug-likeness (QED) is 0.351. The highest BCUT2D eigenvalue weighted by Gasteiger charge is 3.12. The van der Waals surface area contributed by atoms with Crippen molar-refractivity contribution < 1.29 is 19.7 Å². The smallest absolute Gasteiger partial charge is 0.258 e. The minimum Gasteiger partial charge on any atom is -0.258 e. The van der Waals surface area contributed by atoms with E-state index in [4.69, 9.17) is 0 Å². The molecule has 4 spiro atoms. The van der Waals surface area contributed by atoms with E-state index in [0.29, 0.717) is 0 Å². The number of fused-ring (bicyclic) bond motifs is 3. The van der Waals surface area contributed by atoms with Crippen molar-refractivity contribution in [3.8, 4) is 0 Å². The maximum Gasteiger partial charge on any atom is 0.647 e. The largest absolute Gasteiger partial charge is 0.647 e. The summed E-state index contributed by atoms with van der Waals surface area (Å²) >= 11 is 0. The van der Waals surface area contributed by atoms with Crippen LogP contribution in [0.5, 0.6) is 0 Å². The molecule has 28 heavy (non-hydrogen) atoms. The van der Waals surface area contributed by atoms with Crippen molar-refractivity contribution in [1.29, 1.82) is 0 Å². The van der Waals surface area contributed by atoms with Crippen LogP contribution in [0.25, 0.3) is 0 Å². The molecule has 0 atom stereocenters. The van der Waals surface area contributed by atoms with Crippen LogP contribution in [-0.2, 0) is 0 Å². The number of nitrogens with zero attached hydrogens (tertiary/aromatic N) is 12. The highest BCUT2D eigenvalue weighted by atomic mass is 16.7. The zero-order valence-corrected chi connectivity index (χ0v) is 13.0. The Bertz CT molecular complexity index is 990. The summed E-state index contributed by atoms with van der Waals surface area (Å²) in [4.78, 5) is 41.0. The minimum absolute atomic E-state index is 0.658. The highest BCUT2D eigenvalue weighted by Crippen LogP contribution is 2.74. The molecule has 4 aliphatic heterocycles. The van der Waals surface area contributed by atoms with Crippen LogP contribution in [0, 0.1) is 40.5 Å². The molecule has 1 fully saturated rings. The van der Waals surface area contributed by atoms with E-state index < -0.39 is 66.5 Å². The summed E-state index contributed by atoms with van der Waals surface area (Å²) in [5, 5.41) is 76.5. The lowest BCUT2D eigenvalue weighted by atomic mass is 9.66. The Hall–Kier alpha value is -4.00. The van der Waals surface area contributed by atoms with Crippen LogP contribution >= 0.6 is 0 Å². The van der Waals surface area contributed by atoms with Crippen molar-refractivity contribution in [2.45, 2.75) is 46.8 Å². The van der Waals surface area contributed by atoms with Crippen LogP contribution in [0.4, 0.5) is 0 Å². The van der Waals surface area contributed by atoms with Gasteiger partial charge in [0.25, 0.3) is 5.66 Å². The molecule has 0 radical (unpaired) electrons. The van der Waals surface area contributed by atoms with Gasteiger partial charge in [0.05, 0.1) is 0 Å². The molecule has 0 aromatic heterocycles. The Morgan fingerprint density at radius 1 is 0.536 bits per heavy atom. The lowest BCUT2D eigenvalue weighted by Gasteiger charge is -2.34. The van der Waals surface area contributed by atoms with Gasteiger partial charge in [-0.1, -0.05) is 0 Å². The molecule has 0 N–H and O–H groups in total. The van der Waals surface area contributed by atoms with Crippen LogP contribution in [0.2, 0.25) is 0 Å². The molecule has 0 unspecified atom stereocenters. The van der Waals surface area contributed by atoms with E-state index in [1.54, 1.807) is 0 Å². The van der Waals surface area contributed by atoms with Gasteiger partial charge in [-0.3, -0.25) is 40.5 Å². The normalized spacial score (nSPS) is 30.0.